The molecule has 3 aromatic carbocycles. The largest absolute Gasteiger partial charge is 0.489 e. The Balaban J connectivity index is 1.55. The van der Waals surface area contributed by atoms with Crippen LogP contribution >= 0.6 is 0 Å². The molecule has 0 fully saturated rings. The zero-order chi connectivity index (χ0) is 23.3. The Morgan fingerprint density at radius 2 is 1.78 bits per heavy atom. The number of nitrogens with one attached hydrogen (secondary N) is 1. The lowest BCUT2D eigenvalue weighted by Crippen LogP contribution is -2.26. The molecule has 0 aromatic heterocycles. The van der Waals surface area contributed by atoms with Crippen LogP contribution in [0.25, 0.3) is 0 Å². The van der Waals surface area contributed by atoms with Crippen LogP contribution in [-0.2, 0) is 23.1 Å². The van der Waals surface area contributed by atoms with Crippen molar-refractivity contribution in [1.29, 1.82) is 0 Å². The number of rotatable bonds is 9. The third-order valence-electron chi connectivity index (χ3n) is 4.80. The van der Waals surface area contributed by atoms with Crippen LogP contribution in [0.2, 0.25) is 0 Å². The summed E-state index contributed by atoms with van der Waals surface area (Å²) >= 11 is 0. The molecule has 0 amide bonds. The van der Waals surface area contributed by atoms with Crippen molar-refractivity contribution in [1.82, 2.24) is 4.72 Å². The van der Waals surface area contributed by atoms with Crippen LogP contribution in [0.5, 0.6) is 5.75 Å². The van der Waals surface area contributed by atoms with E-state index in [1.807, 2.05) is 0 Å². The number of carbonyl (C=O) groups is 1. The normalized spacial score (nSPS) is 11.3. The van der Waals surface area contributed by atoms with Crippen LogP contribution < -0.4 is 9.46 Å². The molecule has 0 atom stereocenters. The summed E-state index contributed by atoms with van der Waals surface area (Å²) in [7, 11) is -3.86. The second-order valence-electron chi connectivity index (χ2n) is 7.08. The van der Waals surface area contributed by atoms with Gasteiger partial charge < -0.3 is 9.84 Å². The smallest absolute Gasteiger partial charge is 0.335 e. The fourth-order valence-electron chi connectivity index (χ4n) is 2.99. The van der Waals surface area contributed by atoms with Gasteiger partial charge in [0.15, 0.2) is 11.6 Å². The van der Waals surface area contributed by atoms with Crippen molar-refractivity contribution < 1.29 is 31.8 Å². The third kappa shape index (κ3) is 5.68. The maximum atomic E-state index is 13.7. The maximum Gasteiger partial charge on any atom is 0.335 e. The molecule has 0 saturated heterocycles. The Bertz CT molecular complexity index is 1230. The minimum Gasteiger partial charge on any atom is -0.489 e. The molecule has 6 nitrogen and oxygen atoms in total. The summed E-state index contributed by atoms with van der Waals surface area (Å²) in [5.41, 5.74) is 1.33. The van der Waals surface area contributed by atoms with E-state index >= 15 is 0 Å². The molecule has 0 radical (unpaired) electrons. The first-order valence-electron chi connectivity index (χ1n) is 9.65. The van der Waals surface area contributed by atoms with Gasteiger partial charge in [0.2, 0.25) is 10.0 Å². The van der Waals surface area contributed by atoms with Crippen molar-refractivity contribution in [2.45, 2.75) is 24.8 Å². The average Bonchev–Trinajstić information content (AvgIpc) is 2.75. The Labute approximate surface area is 184 Å². The number of benzene rings is 3. The third-order valence-corrected chi connectivity index (χ3v) is 6.26. The summed E-state index contributed by atoms with van der Waals surface area (Å²) in [4.78, 5) is 11.1. The van der Waals surface area contributed by atoms with E-state index < -0.39 is 27.6 Å². The lowest BCUT2D eigenvalue weighted by molar-refractivity contribution is 0.0696. The molecule has 2 N–H and O–H groups in total. The van der Waals surface area contributed by atoms with Crippen molar-refractivity contribution in [3.8, 4) is 5.75 Å². The number of aryl methyl sites for hydroxylation is 1. The fraction of sp³-hybridized carbons (Fsp3) is 0.174. The lowest BCUT2D eigenvalue weighted by atomic mass is 10.1. The minimum absolute atomic E-state index is 0.0680. The highest BCUT2D eigenvalue weighted by Gasteiger charge is 2.17. The monoisotopic (exact) mass is 461 g/mol. The van der Waals surface area contributed by atoms with Crippen molar-refractivity contribution in [2.24, 2.45) is 0 Å². The van der Waals surface area contributed by atoms with Crippen molar-refractivity contribution >= 4 is 16.0 Å². The van der Waals surface area contributed by atoms with E-state index in [4.69, 9.17) is 4.74 Å². The SMILES string of the molecule is Cc1ccc(S(=O)(=O)NCCc2ccc(OCc3cccc(F)c3F)cc2)cc1C(=O)O. The number of ether oxygens (including phenoxy) is 1. The van der Waals surface area contributed by atoms with Gasteiger partial charge in [-0.2, -0.15) is 0 Å². The average molecular weight is 461 g/mol. The highest BCUT2D eigenvalue weighted by molar-refractivity contribution is 7.89. The van der Waals surface area contributed by atoms with E-state index in [2.05, 4.69) is 4.72 Å². The fourth-order valence-corrected chi connectivity index (χ4v) is 4.04. The van der Waals surface area contributed by atoms with Crippen LogP contribution in [0.15, 0.2) is 65.6 Å². The van der Waals surface area contributed by atoms with E-state index in [1.54, 1.807) is 31.2 Å². The van der Waals surface area contributed by atoms with Crippen LogP contribution in [-0.4, -0.2) is 26.0 Å². The molecular weight excluding hydrogens is 440 g/mol. The van der Waals surface area contributed by atoms with Crippen molar-refractivity contribution in [2.75, 3.05) is 6.54 Å². The molecule has 0 bridgehead atoms. The number of carboxylic acids is 1. The van der Waals surface area contributed by atoms with Gasteiger partial charge in [-0.1, -0.05) is 30.3 Å². The minimum atomic E-state index is -3.86. The Morgan fingerprint density at radius 1 is 1.06 bits per heavy atom. The van der Waals surface area contributed by atoms with E-state index in [1.165, 1.54) is 24.3 Å². The van der Waals surface area contributed by atoms with Crippen LogP contribution in [0.3, 0.4) is 0 Å². The van der Waals surface area contributed by atoms with E-state index in [-0.39, 0.29) is 29.2 Å². The summed E-state index contributed by atoms with van der Waals surface area (Å²) in [5, 5.41) is 9.17. The first-order chi connectivity index (χ1) is 15.2. The number of hydrogen-bond donors (Lipinski definition) is 2. The summed E-state index contributed by atoms with van der Waals surface area (Å²) in [6.45, 7) is 1.57. The molecule has 0 aliphatic heterocycles. The molecule has 0 spiro atoms. The van der Waals surface area contributed by atoms with Gasteiger partial charge in [0.25, 0.3) is 0 Å². The number of hydrogen-bond acceptors (Lipinski definition) is 4. The van der Waals surface area contributed by atoms with Gasteiger partial charge in [-0.3, -0.25) is 0 Å². The molecule has 32 heavy (non-hydrogen) atoms. The summed E-state index contributed by atoms with van der Waals surface area (Å²) in [6, 6.07) is 14.6. The maximum absolute atomic E-state index is 13.7. The number of carboxylic acid groups (broad SMARTS) is 1. The van der Waals surface area contributed by atoms with Gasteiger partial charge in [0.1, 0.15) is 12.4 Å². The molecule has 0 unspecified atom stereocenters. The Hall–Kier alpha value is -3.30. The number of sulfonamides is 1. The van der Waals surface area contributed by atoms with Crippen LogP contribution in [0.4, 0.5) is 8.78 Å². The van der Waals surface area contributed by atoms with Gasteiger partial charge in [0.05, 0.1) is 10.5 Å². The highest BCUT2D eigenvalue weighted by atomic mass is 32.2. The summed E-state index contributed by atoms with van der Waals surface area (Å²) in [6.07, 6.45) is 0.385. The second kappa shape index (κ2) is 9.88. The lowest BCUT2D eigenvalue weighted by Gasteiger charge is -2.10. The predicted molar refractivity (Wildman–Crippen MR) is 114 cm³/mol. The summed E-state index contributed by atoms with van der Waals surface area (Å²) < 4.78 is 59.7. The molecule has 0 aliphatic rings. The second-order valence-corrected chi connectivity index (χ2v) is 8.84. The zero-order valence-electron chi connectivity index (χ0n) is 17.1. The van der Waals surface area contributed by atoms with Crippen LogP contribution in [0.1, 0.15) is 27.0 Å². The molecule has 3 rings (SSSR count). The van der Waals surface area contributed by atoms with Crippen LogP contribution in [0, 0.1) is 18.6 Å². The number of halogens is 2. The van der Waals surface area contributed by atoms with Gasteiger partial charge in [0, 0.05) is 12.1 Å². The predicted octanol–water partition coefficient (Wildman–Crippen LogP) is 4.07. The molecule has 3 aromatic rings. The molecule has 9 heteroatoms. The quantitative estimate of drug-likeness (QED) is 0.501. The standard InChI is InChI=1S/C23H21F2NO5S/c1-15-5-10-19(13-20(15)23(27)28)32(29,30)26-12-11-16-6-8-18(9-7-16)31-14-17-3-2-4-21(24)22(17)25/h2-10,13,26H,11-12,14H2,1H3,(H,27,28). The molecule has 0 saturated carbocycles. The topological polar surface area (TPSA) is 92.7 Å². The molecule has 0 aliphatic carbocycles. The Morgan fingerprint density at radius 3 is 2.47 bits per heavy atom. The molecule has 0 heterocycles. The Kier molecular flexibility index (Phi) is 7.22. The zero-order valence-corrected chi connectivity index (χ0v) is 18.0. The van der Waals surface area contributed by atoms with Gasteiger partial charge >= 0.3 is 5.97 Å². The van der Waals surface area contributed by atoms with E-state index in [9.17, 15) is 27.1 Å². The van der Waals surface area contributed by atoms with E-state index in [0.29, 0.717) is 17.7 Å². The van der Waals surface area contributed by atoms with Gasteiger partial charge in [-0.15, -0.1) is 0 Å². The first-order valence-corrected chi connectivity index (χ1v) is 11.1. The van der Waals surface area contributed by atoms with Crippen molar-refractivity contribution in [3.63, 3.8) is 0 Å². The summed E-state index contributed by atoms with van der Waals surface area (Å²) in [5.74, 6) is -2.62. The molecule has 168 valence electrons. The highest BCUT2D eigenvalue weighted by Crippen LogP contribution is 2.18. The number of aromatic carboxylic acids is 1. The molecular formula is C23H21F2NO5S. The van der Waals surface area contributed by atoms with Gasteiger partial charge in [-0.05, 0) is 54.8 Å². The first kappa shape index (κ1) is 23.4. The van der Waals surface area contributed by atoms with E-state index in [0.717, 1.165) is 17.7 Å². The van der Waals surface area contributed by atoms with Gasteiger partial charge in [-0.25, -0.2) is 26.7 Å². The van der Waals surface area contributed by atoms with Crippen molar-refractivity contribution in [3.05, 3.63) is 94.6 Å².